The molecule has 1 saturated carbocycles. The van der Waals surface area contributed by atoms with Crippen molar-refractivity contribution in [2.24, 2.45) is 11.8 Å². The molecular formula is C15H29N. The second kappa shape index (κ2) is 7.89. The van der Waals surface area contributed by atoms with Crippen LogP contribution in [0, 0.1) is 11.8 Å². The molecule has 0 aromatic heterocycles. The summed E-state index contributed by atoms with van der Waals surface area (Å²) in [6, 6.07) is 0.797. The maximum atomic E-state index is 3.75. The van der Waals surface area contributed by atoms with Gasteiger partial charge in [0.05, 0.1) is 0 Å². The van der Waals surface area contributed by atoms with Crippen LogP contribution in [0.2, 0.25) is 0 Å². The van der Waals surface area contributed by atoms with E-state index >= 15 is 0 Å². The summed E-state index contributed by atoms with van der Waals surface area (Å²) in [5.41, 5.74) is 0. The summed E-state index contributed by atoms with van der Waals surface area (Å²) in [5.74, 6) is 1.85. The van der Waals surface area contributed by atoms with Gasteiger partial charge in [-0.05, 0) is 56.9 Å². The Morgan fingerprint density at radius 1 is 1.12 bits per heavy atom. The maximum absolute atomic E-state index is 3.75. The molecule has 1 heteroatoms. The van der Waals surface area contributed by atoms with Crippen molar-refractivity contribution in [1.82, 2.24) is 5.32 Å². The van der Waals surface area contributed by atoms with Crippen LogP contribution in [0.25, 0.3) is 0 Å². The lowest BCUT2D eigenvalue weighted by Gasteiger charge is -2.32. The standard InChI is InChI=1S/C15H29N/c1-4-5-6-7-8-11-16-15-10-9-13(2)14(3)12-15/h4,13-16H,1,5-12H2,2-3H3. The van der Waals surface area contributed by atoms with E-state index in [1.807, 2.05) is 6.08 Å². The fourth-order valence-electron chi connectivity index (χ4n) is 2.63. The molecule has 3 unspecified atom stereocenters. The highest BCUT2D eigenvalue weighted by atomic mass is 14.9. The first kappa shape index (κ1) is 13.8. The molecule has 0 aromatic rings. The van der Waals surface area contributed by atoms with Crippen LogP contribution in [0.5, 0.6) is 0 Å². The minimum absolute atomic E-state index is 0.797. The molecule has 0 aromatic carbocycles. The van der Waals surface area contributed by atoms with Crippen LogP contribution in [0.3, 0.4) is 0 Å². The number of allylic oxidation sites excluding steroid dienone is 1. The molecule has 16 heavy (non-hydrogen) atoms. The van der Waals surface area contributed by atoms with Gasteiger partial charge in [-0.25, -0.2) is 0 Å². The van der Waals surface area contributed by atoms with E-state index < -0.39 is 0 Å². The third-order valence-electron chi connectivity index (χ3n) is 4.12. The molecule has 0 saturated heterocycles. The van der Waals surface area contributed by atoms with Crippen molar-refractivity contribution >= 4 is 0 Å². The molecule has 3 atom stereocenters. The second-order valence-corrected chi connectivity index (χ2v) is 5.56. The lowest BCUT2D eigenvalue weighted by Crippen LogP contribution is -2.36. The fraction of sp³-hybridized carbons (Fsp3) is 0.867. The smallest absolute Gasteiger partial charge is 0.00698 e. The van der Waals surface area contributed by atoms with Gasteiger partial charge in [0.1, 0.15) is 0 Å². The number of unbranched alkanes of at least 4 members (excludes halogenated alkanes) is 3. The molecule has 1 nitrogen and oxygen atoms in total. The topological polar surface area (TPSA) is 12.0 Å². The van der Waals surface area contributed by atoms with E-state index in [2.05, 4.69) is 25.7 Å². The number of rotatable bonds is 7. The van der Waals surface area contributed by atoms with Gasteiger partial charge in [0.15, 0.2) is 0 Å². The highest BCUT2D eigenvalue weighted by Crippen LogP contribution is 2.29. The van der Waals surface area contributed by atoms with Gasteiger partial charge in [0.25, 0.3) is 0 Å². The molecular weight excluding hydrogens is 194 g/mol. The molecule has 0 heterocycles. The summed E-state index contributed by atoms with van der Waals surface area (Å²) in [4.78, 5) is 0. The first-order chi connectivity index (χ1) is 7.74. The highest BCUT2D eigenvalue weighted by molar-refractivity contribution is 4.79. The van der Waals surface area contributed by atoms with Gasteiger partial charge >= 0.3 is 0 Å². The van der Waals surface area contributed by atoms with Crippen LogP contribution < -0.4 is 5.32 Å². The second-order valence-electron chi connectivity index (χ2n) is 5.56. The Morgan fingerprint density at radius 2 is 1.94 bits per heavy atom. The van der Waals surface area contributed by atoms with Gasteiger partial charge in [-0.3, -0.25) is 0 Å². The SMILES string of the molecule is C=CCCCCCNC1CCC(C)C(C)C1. The Labute approximate surface area is 102 Å². The minimum atomic E-state index is 0.797. The molecule has 1 aliphatic carbocycles. The summed E-state index contributed by atoms with van der Waals surface area (Å²) in [6.07, 6.45) is 11.4. The van der Waals surface area contributed by atoms with Gasteiger partial charge < -0.3 is 5.32 Å². The van der Waals surface area contributed by atoms with E-state index in [4.69, 9.17) is 0 Å². The van der Waals surface area contributed by atoms with Crippen LogP contribution in [0.15, 0.2) is 12.7 Å². The molecule has 1 fully saturated rings. The van der Waals surface area contributed by atoms with Crippen LogP contribution in [-0.2, 0) is 0 Å². The van der Waals surface area contributed by atoms with E-state index in [-0.39, 0.29) is 0 Å². The van der Waals surface area contributed by atoms with Crippen molar-refractivity contribution in [3.63, 3.8) is 0 Å². The number of nitrogens with one attached hydrogen (secondary N) is 1. The third-order valence-corrected chi connectivity index (χ3v) is 4.12. The molecule has 0 amide bonds. The van der Waals surface area contributed by atoms with Gasteiger partial charge in [-0.15, -0.1) is 6.58 Å². The predicted octanol–water partition coefficient (Wildman–Crippen LogP) is 4.15. The zero-order chi connectivity index (χ0) is 11.8. The van der Waals surface area contributed by atoms with Crippen LogP contribution in [-0.4, -0.2) is 12.6 Å². The zero-order valence-electron chi connectivity index (χ0n) is 11.2. The van der Waals surface area contributed by atoms with E-state index in [1.54, 1.807) is 0 Å². The first-order valence-electron chi connectivity index (χ1n) is 7.08. The van der Waals surface area contributed by atoms with Gasteiger partial charge in [0, 0.05) is 6.04 Å². The Morgan fingerprint density at radius 3 is 2.62 bits per heavy atom. The van der Waals surface area contributed by atoms with E-state index in [1.165, 1.54) is 51.5 Å². The summed E-state index contributed by atoms with van der Waals surface area (Å²) < 4.78 is 0. The molecule has 1 aliphatic rings. The Balaban J connectivity index is 1.99. The molecule has 0 spiro atoms. The average Bonchev–Trinajstić information content (AvgIpc) is 2.28. The predicted molar refractivity (Wildman–Crippen MR) is 72.6 cm³/mol. The fourth-order valence-corrected chi connectivity index (χ4v) is 2.63. The quantitative estimate of drug-likeness (QED) is 0.505. The van der Waals surface area contributed by atoms with Crippen LogP contribution >= 0.6 is 0 Å². The third kappa shape index (κ3) is 5.16. The Bertz CT molecular complexity index is 188. The molecule has 1 rings (SSSR count). The summed E-state index contributed by atoms with van der Waals surface area (Å²) in [7, 11) is 0. The molecule has 0 aliphatic heterocycles. The normalized spacial score (nSPS) is 30.2. The van der Waals surface area contributed by atoms with Gasteiger partial charge in [0.2, 0.25) is 0 Å². The van der Waals surface area contributed by atoms with Crippen LogP contribution in [0.4, 0.5) is 0 Å². The maximum Gasteiger partial charge on any atom is 0.00698 e. The zero-order valence-corrected chi connectivity index (χ0v) is 11.2. The highest BCUT2D eigenvalue weighted by Gasteiger charge is 2.23. The van der Waals surface area contributed by atoms with E-state index in [0.29, 0.717) is 0 Å². The van der Waals surface area contributed by atoms with Crippen molar-refractivity contribution in [1.29, 1.82) is 0 Å². The van der Waals surface area contributed by atoms with Gasteiger partial charge in [-0.2, -0.15) is 0 Å². The molecule has 0 radical (unpaired) electrons. The van der Waals surface area contributed by atoms with Crippen molar-refractivity contribution in [3.05, 3.63) is 12.7 Å². The average molecular weight is 223 g/mol. The minimum Gasteiger partial charge on any atom is -0.314 e. The molecule has 0 bridgehead atoms. The largest absolute Gasteiger partial charge is 0.314 e. The van der Waals surface area contributed by atoms with E-state index in [9.17, 15) is 0 Å². The first-order valence-corrected chi connectivity index (χ1v) is 7.08. The lowest BCUT2D eigenvalue weighted by atomic mass is 9.79. The Hall–Kier alpha value is -0.300. The number of hydrogen-bond acceptors (Lipinski definition) is 1. The van der Waals surface area contributed by atoms with Crippen molar-refractivity contribution in [2.45, 2.75) is 64.8 Å². The summed E-state index contributed by atoms with van der Waals surface area (Å²) in [5, 5.41) is 3.72. The van der Waals surface area contributed by atoms with Crippen molar-refractivity contribution in [2.75, 3.05) is 6.54 Å². The van der Waals surface area contributed by atoms with E-state index in [0.717, 1.165) is 17.9 Å². The van der Waals surface area contributed by atoms with Crippen molar-refractivity contribution < 1.29 is 0 Å². The number of hydrogen-bond donors (Lipinski definition) is 1. The summed E-state index contributed by atoms with van der Waals surface area (Å²) >= 11 is 0. The monoisotopic (exact) mass is 223 g/mol. The van der Waals surface area contributed by atoms with Crippen LogP contribution in [0.1, 0.15) is 58.8 Å². The lowest BCUT2D eigenvalue weighted by molar-refractivity contribution is 0.226. The Kier molecular flexibility index (Phi) is 6.79. The summed E-state index contributed by atoms with van der Waals surface area (Å²) in [6.45, 7) is 9.77. The molecule has 1 N–H and O–H groups in total. The van der Waals surface area contributed by atoms with Gasteiger partial charge in [-0.1, -0.05) is 26.3 Å². The van der Waals surface area contributed by atoms with Crippen molar-refractivity contribution in [3.8, 4) is 0 Å². The molecule has 94 valence electrons.